The van der Waals surface area contributed by atoms with Gasteiger partial charge in [0.2, 0.25) is 10.0 Å². The molecule has 5 N–H and O–H groups in total. The van der Waals surface area contributed by atoms with Gasteiger partial charge < -0.3 is 15.5 Å². The zero-order valence-corrected chi connectivity index (χ0v) is 15.4. The maximum atomic E-state index is 14.2. The molecule has 1 heterocycles. The molecule has 130 valence electrons. The molecule has 0 saturated carbocycles. The highest BCUT2D eigenvalue weighted by Gasteiger charge is 2.21. The third-order valence-corrected chi connectivity index (χ3v) is 4.82. The first kappa shape index (κ1) is 17.6. The van der Waals surface area contributed by atoms with Gasteiger partial charge in [0, 0.05) is 9.26 Å². The van der Waals surface area contributed by atoms with E-state index in [9.17, 15) is 12.8 Å². The summed E-state index contributed by atoms with van der Waals surface area (Å²) in [4.78, 5) is -0.688. The van der Waals surface area contributed by atoms with E-state index in [2.05, 4.69) is 38.1 Å². The second kappa shape index (κ2) is 6.57. The number of primary sulfonamides is 1. The van der Waals surface area contributed by atoms with Gasteiger partial charge in [0.1, 0.15) is 10.7 Å². The van der Waals surface area contributed by atoms with Crippen LogP contribution in [0.15, 0.2) is 45.7 Å². The molecule has 0 unspecified atom stereocenters. The van der Waals surface area contributed by atoms with Crippen molar-refractivity contribution in [1.82, 2.24) is 10.2 Å². The van der Waals surface area contributed by atoms with Gasteiger partial charge in [0.25, 0.3) is 5.89 Å². The van der Waals surface area contributed by atoms with E-state index in [1.165, 1.54) is 0 Å². The van der Waals surface area contributed by atoms with Gasteiger partial charge in [-0.05, 0) is 59.0 Å². The molecule has 3 aromatic rings. The van der Waals surface area contributed by atoms with Crippen molar-refractivity contribution in [1.29, 1.82) is 0 Å². The summed E-state index contributed by atoms with van der Waals surface area (Å²) >= 11 is 2.15. The number of halogens is 2. The molecule has 0 radical (unpaired) electrons. The fourth-order valence-corrected chi connectivity index (χ4v) is 3.06. The average molecular weight is 475 g/mol. The Morgan fingerprint density at radius 2 is 1.84 bits per heavy atom. The number of nitrogen functional groups attached to an aromatic ring is 1. The largest absolute Gasteiger partial charge is 0.403 e. The van der Waals surface area contributed by atoms with Crippen LogP contribution in [0, 0.1) is 9.39 Å². The number of hydrogen-bond donors (Lipinski definition) is 3. The van der Waals surface area contributed by atoms with Crippen LogP contribution >= 0.6 is 22.6 Å². The van der Waals surface area contributed by atoms with Gasteiger partial charge in [0.05, 0.1) is 11.3 Å². The summed E-state index contributed by atoms with van der Waals surface area (Å²) in [6.07, 6.45) is 0. The van der Waals surface area contributed by atoms with E-state index >= 15 is 0 Å². The predicted molar refractivity (Wildman–Crippen MR) is 97.9 cm³/mol. The lowest BCUT2D eigenvalue weighted by Gasteiger charge is -2.12. The number of anilines is 3. The van der Waals surface area contributed by atoms with Gasteiger partial charge in [-0.3, -0.25) is 0 Å². The van der Waals surface area contributed by atoms with E-state index in [-0.39, 0.29) is 23.2 Å². The molecule has 0 aliphatic rings. The molecule has 25 heavy (non-hydrogen) atoms. The summed E-state index contributed by atoms with van der Waals surface area (Å²) in [5.74, 6) is -1.08. The highest BCUT2D eigenvalue weighted by Crippen LogP contribution is 2.33. The Labute approximate surface area is 155 Å². The van der Waals surface area contributed by atoms with Gasteiger partial charge >= 0.3 is 6.01 Å². The minimum Gasteiger partial charge on any atom is -0.403 e. The first-order chi connectivity index (χ1) is 11.7. The molecule has 8 nitrogen and oxygen atoms in total. The maximum absolute atomic E-state index is 14.2. The fourth-order valence-electron chi connectivity index (χ4n) is 2.08. The standard InChI is InChI=1S/C14H11FIN5O3S/c15-10-6-11(19-8-3-1-7(16)2-4-8)9(5-12(10)25(18,22)23)13-20-21-14(17)24-13/h1-6,19H,(H2,17,21)(H2,18,22,23). The first-order valence-corrected chi connectivity index (χ1v) is 9.35. The Balaban J connectivity index is 2.15. The minimum absolute atomic E-state index is 0.0737. The van der Waals surface area contributed by atoms with Crippen LogP contribution in [0.5, 0.6) is 0 Å². The molecule has 0 fully saturated rings. The normalized spacial score (nSPS) is 11.5. The van der Waals surface area contributed by atoms with Crippen LogP contribution < -0.4 is 16.2 Å². The highest BCUT2D eigenvalue weighted by atomic mass is 127. The summed E-state index contributed by atoms with van der Waals surface area (Å²) in [5, 5.41) is 15.3. The molecule has 0 aliphatic heterocycles. The SMILES string of the molecule is Nc1nnc(-c2cc(S(N)(=O)=O)c(F)cc2Nc2ccc(I)cc2)o1. The Morgan fingerprint density at radius 1 is 1.16 bits per heavy atom. The first-order valence-electron chi connectivity index (χ1n) is 6.72. The molecule has 0 saturated heterocycles. The van der Waals surface area contributed by atoms with Crippen LogP contribution in [-0.2, 0) is 10.0 Å². The molecule has 0 spiro atoms. The van der Waals surface area contributed by atoms with Gasteiger partial charge in [-0.25, -0.2) is 17.9 Å². The zero-order valence-electron chi connectivity index (χ0n) is 12.4. The Morgan fingerprint density at radius 3 is 2.40 bits per heavy atom. The molecule has 0 aliphatic carbocycles. The second-order valence-electron chi connectivity index (χ2n) is 4.95. The van der Waals surface area contributed by atoms with Crippen molar-refractivity contribution >= 4 is 50.0 Å². The van der Waals surface area contributed by atoms with Gasteiger partial charge in [-0.2, -0.15) is 0 Å². The molecule has 0 amide bonds. The monoisotopic (exact) mass is 475 g/mol. The Kier molecular flexibility index (Phi) is 4.62. The number of hydrogen-bond acceptors (Lipinski definition) is 7. The lowest BCUT2D eigenvalue weighted by atomic mass is 10.1. The van der Waals surface area contributed by atoms with Crippen LogP contribution in [0.2, 0.25) is 0 Å². The predicted octanol–water partition coefficient (Wildman–Crippen LogP) is 2.45. The molecule has 2 aromatic carbocycles. The molecule has 0 atom stereocenters. The quantitative estimate of drug-likeness (QED) is 0.493. The molecular formula is C14H11FIN5O3S. The minimum atomic E-state index is -4.28. The van der Waals surface area contributed by atoms with Crippen LogP contribution in [-0.4, -0.2) is 18.6 Å². The van der Waals surface area contributed by atoms with Crippen molar-refractivity contribution in [3.05, 3.63) is 45.8 Å². The number of benzene rings is 2. The van der Waals surface area contributed by atoms with Crippen LogP contribution in [0.25, 0.3) is 11.5 Å². The van der Waals surface area contributed by atoms with Crippen molar-refractivity contribution in [2.24, 2.45) is 5.14 Å². The van der Waals surface area contributed by atoms with Crippen molar-refractivity contribution in [3.63, 3.8) is 0 Å². The third-order valence-electron chi connectivity index (χ3n) is 3.17. The van der Waals surface area contributed by atoms with Crippen LogP contribution in [0.1, 0.15) is 0 Å². The number of nitrogens with one attached hydrogen (secondary N) is 1. The summed E-state index contributed by atoms with van der Waals surface area (Å²) in [7, 11) is -4.28. The molecular weight excluding hydrogens is 464 g/mol. The average Bonchev–Trinajstić information content (AvgIpc) is 2.95. The van der Waals surface area contributed by atoms with Gasteiger partial charge in [0.15, 0.2) is 0 Å². The maximum Gasteiger partial charge on any atom is 0.313 e. The van der Waals surface area contributed by atoms with E-state index in [0.717, 1.165) is 15.7 Å². The number of rotatable bonds is 4. The van der Waals surface area contributed by atoms with Crippen LogP contribution in [0.3, 0.4) is 0 Å². The van der Waals surface area contributed by atoms with E-state index in [0.29, 0.717) is 5.69 Å². The number of aromatic nitrogens is 2. The van der Waals surface area contributed by atoms with Crippen molar-refractivity contribution in [3.8, 4) is 11.5 Å². The smallest absolute Gasteiger partial charge is 0.313 e. The van der Waals surface area contributed by atoms with E-state index in [1.54, 1.807) is 12.1 Å². The van der Waals surface area contributed by atoms with Crippen LogP contribution in [0.4, 0.5) is 21.8 Å². The molecule has 0 bridgehead atoms. The third kappa shape index (κ3) is 3.88. The Hall–Kier alpha value is -2.25. The Bertz CT molecular complexity index is 1040. The summed E-state index contributed by atoms with van der Waals surface area (Å²) in [5.41, 5.74) is 6.42. The van der Waals surface area contributed by atoms with E-state index in [1.807, 2.05) is 12.1 Å². The molecule has 3 rings (SSSR count). The topological polar surface area (TPSA) is 137 Å². The highest BCUT2D eigenvalue weighted by molar-refractivity contribution is 14.1. The number of nitrogens with two attached hydrogens (primary N) is 2. The summed E-state index contributed by atoms with van der Waals surface area (Å²) < 4.78 is 43.5. The molecule has 1 aromatic heterocycles. The molecule has 11 heteroatoms. The van der Waals surface area contributed by atoms with Crippen molar-refractivity contribution < 1.29 is 17.2 Å². The summed E-state index contributed by atoms with van der Waals surface area (Å²) in [6.45, 7) is 0. The number of sulfonamides is 1. The van der Waals surface area contributed by atoms with E-state index < -0.39 is 20.7 Å². The fraction of sp³-hybridized carbons (Fsp3) is 0. The zero-order chi connectivity index (χ0) is 18.2. The van der Waals surface area contributed by atoms with Crippen molar-refractivity contribution in [2.75, 3.05) is 11.1 Å². The summed E-state index contributed by atoms with van der Waals surface area (Å²) in [6, 6.07) is 9.06. The second-order valence-corrected chi connectivity index (χ2v) is 7.73. The number of nitrogens with zero attached hydrogens (tertiary/aromatic N) is 2. The van der Waals surface area contributed by atoms with Crippen molar-refractivity contribution in [2.45, 2.75) is 4.90 Å². The van der Waals surface area contributed by atoms with E-state index in [4.69, 9.17) is 15.3 Å². The van der Waals surface area contributed by atoms with Gasteiger partial charge in [-0.15, -0.1) is 5.10 Å². The lowest BCUT2D eigenvalue weighted by Crippen LogP contribution is -2.14. The van der Waals surface area contributed by atoms with Gasteiger partial charge in [-0.1, -0.05) is 5.10 Å². The lowest BCUT2D eigenvalue weighted by molar-refractivity contribution is 0.567.